The van der Waals surface area contributed by atoms with Gasteiger partial charge in [-0.1, -0.05) is 30.3 Å². The lowest BCUT2D eigenvalue weighted by atomic mass is 10.2. The Kier molecular flexibility index (Phi) is 5.89. The van der Waals surface area contributed by atoms with Gasteiger partial charge in [-0.15, -0.1) is 0 Å². The van der Waals surface area contributed by atoms with Crippen molar-refractivity contribution in [3.8, 4) is 0 Å². The molecule has 0 bridgehead atoms. The van der Waals surface area contributed by atoms with Crippen LogP contribution < -0.4 is 5.32 Å². The number of guanidine groups is 1. The molecule has 1 N–H and O–H groups in total. The Balaban J connectivity index is 1.72. The van der Waals surface area contributed by atoms with Crippen molar-refractivity contribution in [3.05, 3.63) is 60.1 Å². The average molecular weight is 390 g/mol. The molecule has 1 fully saturated rings. The number of nitrogens with one attached hydrogen (secondary N) is 1. The Labute approximate surface area is 161 Å². The zero-order valence-corrected chi connectivity index (χ0v) is 16.7. The second kappa shape index (κ2) is 8.17. The van der Waals surface area contributed by atoms with Crippen LogP contribution in [0, 0.1) is 0 Å². The summed E-state index contributed by atoms with van der Waals surface area (Å²) in [7, 11) is -3.09. The van der Waals surface area contributed by atoms with E-state index in [4.69, 9.17) is 9.41 Å². The van der Waals surface area contributed by atoms with E-state index >= 15 is 0 Å². The Bertz CT molecular complexity index is 859. The molecule has 0 unspecified atom stereocenters. The van der Waals surface area contributed by atoms with E-state index in [1.54, 1.807) is 20.1 Å². The molecule has 2 aromatic rings. The minimum atomic E-state index is -3.09. The molecule has 6 nitrogen and oxygen atoms in total. The summed E-state index contributed by atoms with van der Waals surface area (Å²) in [6.45, 7) is 5.67. The molecule has 0 radical (unpaired) electrons. The lowest BCUT2D eigenvalue weighted by Crippen LogP contribution is -2.57. The van der Waals surface area contributed by atoms with Crippen LogP contribution in [0.2, 0.25) is 0 Å². The van der Waals surface area contributed by atoms with E-state index in [1.807, 2.05) is 47.4 Å². The molecule has 1 aliphatic heterocycles. The maximum atomic E-state index is 12.3. The number of furan rings is 1. The van der Waals surface area contributed by atoms with E-state index in [9.17, 15) is 8.42 Å². The van der Waals surface area contributed by atoms with Gasteiger partial charge in [0.1, 0.15) is 5.76 Å². The highest BCUT2D eigenvalue weighted by molar-refractivity contribution is 7.92. The molecule has 1 aromatic carbocycles. The van der Waals surface area contributed by atoms with Crippen LogP contribution in [0.5, 0.6) is 0 Å². The fraction of sp³-hybridized carbons (Fsp3) is 0.450. The number of hydrogen-bond donors (Lipinski definition) is 1. The average Bonchev–Trinajstić information content (AvgIpc) is 3.15. The minimum absolute atomic E-state index is 0.143. The van der Waals surface area contributed by atoms with Crippen LogP contribution in [-0.4, -0.2) is 49.4 Å². The predicted octanol–water partition coefficient (Wildman–Crippen LogP) is 2.48. The first-order chi connectivity index (χ1) is 12.9. The molecular weight excluding hydrogens is 362 g/mol. The van der Waals surface area contributed by atoms with Gasteiger partial charge in [-0.2, -0.15) is 0 Å². The van der Waals surface area contributed by atoms with Gasteiger partial charge in [0.15, 0.2) is 15.8 Å². The first-order valence-electron chi connectivity index (χ1n) is 9.19. The summed E-state index contributed by atoms with van der Waals surface area (Å²) in [5, 5.41) is 3.38. The van der Waals surface area contributed by atoms with Gasteiger partial charge in [0, 0.05) is 26.1 Å². The lowest BCUT2D eigenvalue weighted by molar-refractivity contribution is 0.352. The third-order valence-corrected chi connectivity index (χ3v) is 7.36. The van der Waals surface area contributed by atoms with Crippen molar-refractivity contribution in [1.82, 2.24) is 10.2 Å². The highest BCUT2D eigenvalue weighted by Crippen LogP contribution is 2.23. The summed E-state index contributed by atoms with van der Waals surface area (Å²) in [6, 6.07) is 13.9. The molecule has 146 valence electrons. The Morgan fingerprint density at radius 2 is 2.00 bits per heavy atom. The maximum Gasteiger partial charge on any atom is 0.194 e. The van der Waals surface area contributed by atoms with Crippen LogP contribution in [-0.2, 0) is 22.8 Å². The second-order valence-electron chi connectivity index (χ2n) is 7.38. The summed E-state index contributed by atoms with van der Waals surface area (Å²) in [5.41, 5.74) is 1.12. The lowest BCUT2D eigenvalue weighted by Gasteiger charge is -2.39. The molecule has 0 atom stereocenters. The standard InChI is InChI=1S/C20H27N3O3S/c1-20(2)16-23(12-14-27(20,24)25)19(21-11-10-18-9-6-13-26-18)22-15-17-7-4-3-5-8-17/h3-9,13H,10-12,14-16H2,1-2H3,(H,21,22). The van der Waals surface area contributed by atoms with E-state index < -0.39 is 14.6 Å². The van der Waals surface area contributed by atoms with Crippen molar-refractivity contribution in [2.45, 2.75) is 31.6 Å². The van der Waals surface area contributed by atoms with Crippen LogP contribution >= 0.6 is 0 Å². The molecule has 2 heterocycles. The highest BCUT2D eigenvalue weighted by atomic mass is 32.2. The minimum Gasteiger partial charge on any atom is -0.469 e. The predicted molar refractivity (Wildman–Crippen MR) is 107 cm³/mol. The molecule has 1 aromatic heterocycles. The van der Waals surface area contributed by atoms with Gasteiger partial charge in [0.05, 0.1) is 23.3 Å². The van der Waals surface area contributed by atoms with Crippen LogP contribution in [0.15, 0.2) is 58.1 Å². The number of benzene rings is 1. The van der Waals surface area contributed by atoms with Crippen LogP contribution in [0.3, 0.4) is 0 Å². The smallest absolute Gasteiger partial charge is 0.194 e. The number of hydrogen-bond acceptors (Lipinski definition) is 4. The molecule has 1 aliphatic rings. The fourth-order valence-corrected chi connectivity index (χ4v) is 4.46. The van der Waals surface area contributed by atoms with Crippen LogP contribution in [0.4, 0.5) is 0 Å². The summed E-state index contributed by atoms with van der Waals surface area (Å²) < 4.78 is 29.2. The quantitative estimate of drug-likeness (QED) is 0.628. The summed E-state index contributed by atoms with van der Waals surface area (Å²) in [6.07, 6.45) is 2.41. The number of nitrogens with zero attached hydrogens (tertiary/aromatic N) is 2. The Morgan fingerprint density at radius 3 is 2.67 bits per heavy atom. The molecule has 3 rings (SSSR count). The number of rotatable bonds is 5. The Hall–Kier alpha value is -2.28. The van der Waals surface area contributed by atoms with Crippen molar-refractivity contribution < 1.29 is 12.8 Å². The topological polar surface area (TPSA) is 74.9 Å². The van der Waals surface area contributed by atoms with Gasteiger partial charge in [-0.3, -0.25) is 0 Å². The van der Waals surface area contributed by atoms with Crippen molar-refractivity contribution in [3.63, 3.8) is 0 Å². The molecule has 0 spiro atoms. The molecular formula is C20H27N3O3S. The van der Waals surface area contributed by atoms with E-state index in [1.165, 1.54) is 0 Å². The zero-order chi connectivity index (χ0) is 19.3. The Morgan fingerprint density at radius 1 is 1.22 bits per heavy atom. The zero-order valence-electron chi connectivity index (χ0n) is 15.9. The van der Waals surface area contributed by atoms with Gasteiger partial charge >= 0.3 is 0 Å². The molecule has 0 amide bonds. The van der Waals surface area contributed by atoms with Crippen LogP contribution in [0.1, 0.15) is 25.2 Å². The van der Waals surface area contributed by atoms with Gasteiger partial charge in [-0.05, 0) is 31.5 Å². The largest absolute Gasteiger partial charge is 0.469 e. The van der Waals surface area contributed by atoms with Gasteiger partial charge in [0.25, 0.3) is 0 Å². The second-order valence-corrected chi connectivity index (χ2v) is 10.1. The van der Waals surface area contributed by atoms with E-state index in [-0.39, 0.29) is 5.75 Å². The van der Waals surface area contributed by atoms with E-state index in [2.05, 4.69) is 5.32 Å². The summed E-state index contributed by atoms with van der Waals surface area (Å²) in [5.74, 6) is 1.80. The van der Waals surface area contributed by atoms with Crippen molar-refractivity contribution in [2.24, 2.45) is 4.99 Å². The van der Waals surface area contributed by atoms with Gasteiger partial charge < -0.3 is 14.6 Å². The van der Waals surface area contributed by atoms with Crippen molar-refractivity contribution in [2.75, 3.05) is 25.4 Å². The SMILES string of the molecule is CC1(C)CN(C(=NCc2ccccc2)NCCc2ccco2)CCS1(=O)=O. The summed E-state index contributed by atoms with van der Waals surface area (Å²) in [4.78, 5) is 6.80. The van der Waals surface area contributed by atoms with E-state index in [0.717, 1.165) is 23.7 Å². The van der Waals surface area contributed by atoms with E-state index in [0.29, 0.717) is 26.2 Å². The van der Waals surface area contributed by atoms with Crippen LogP contribution in [0.25, 0.3) is 0 Å². The van der Waals surface area contributed by atoms with Gasteiger partial charge in [-0.25, -0.2) is 13.4 Å². The molecule has 1 saturated heterocycles. The molecule has 7 heteroatoms. The maximum absolute atomic E-state index is 12.3. The summed E-state index contributed by atoms with van der Waals surface area (Å²) >= 11 is 0. The highest BCUT2D eigenvalue weighted by Gasteiger charge is 2.41. The molecule has 0 aliphatic carbocycles. The normalized spacial score (nSPS) is 19.0. The first kappa shape index (κ1) is 19.5. The number of sulfone groups is 1. The van der Waals surface area contributed by atoms with Gasteiger partial charge in [0.2, 0.25) is 0 Å². The number of aliphatic imine (C=N–C) groups is 1. The molecule has 0 saturated carbocycles. The fourth-order valence-electron chi connectivity index (χ4n) is 3.09. The molecule has 27 heavy (non-hydrogen) atoms. The third kappa shape index (κ3) is 4.91. The van der Waals surface area contributed by atoms with Crippen molar-refractivity contribution >= 4 is 15.8 Å². The monoisotopic (exact) mass is 389 g/mol. The third-order valence-electron chi connectivity index (χ3n) is 4.83. The van der Waals surface area contributed by atoms with Crippen molar-refractivity contribution in [1.29, 1.82) is 0 Å². The first-order valence-corrected chi connectivity index (χ1v) is 10.8.